The van der Waals surface area contributed by atoms with Gasteiger partial charge in [-0.2, -0.15) is 0 Å². The molecule has 3 rings (SSSR count). The van der Waals surface area contributed by atoms with Crippen molar-refractivity contribution in [3.05, 3.63) is 88.9 Å². The van der Waals surface area contributed by atoms with E-state index in [4.69, 9.17) is 16.3 Å². The van der Waals surface area contributed by atoms with E-state index in [2.05, 4.69) is 10.6 Å². The molecular formula is C22H19ClN2O3. The molecule has 0 fully saturated rings. The second-order valence-electron chi connectivity index (χ2n) is 6.16. The summed E-state index contributed by atoms with van der Waals surface area (Å²) in [6.45, 7) is 1.85. The van der Waals surface area contributed by atoms with Crippen LogP contribution in [0.3, 0.4) is 0 Å². The number of para-hydroxylation sites is 1. The zero-order valence-electron chi connectivity index (χ0n) is 15.2. The van der Waals surface area contributed by atoms with E-state index in [-0.39, 0.29) is 18.4 Å². The summed E-state index contributed by atoms with van der Waals surface area (Å²) >= 11 is 6.04. The first-order valence-electron chi connectivity index (χ1n) is 8.66. The van der Waals surface area contributed by atoms with Gasteiger partial charge >= 0.3 is 0 Å². The van der Waals surface area contributed by atoms with Crippen LogP contribution in [-0.2, 0) is 4.79 Å². The van der Waals surface area contributed by atoms with Crippen LogP contribution in [-0.4, -0.2) is 18.4 Å². The molecule has 3 aromatic carbocycles. The Balaban J connectivity index is 1.52. The third-order valence-corrected chi connectivity index (χ3v) is 4.27. The summed E-state index contributed by atoms with van der Waals surface area (Å²) in [5, 5.41) is 5.98. The van der Waals surface area contributed by atoms with Gasteiger partial charge in [0.2, 0.25) is 0 Å². The maximum Gasteiger partial charge on any atom is 0.262 e. The van der Waals surface area contributed by atoms with Gasteiger partial charge in [-0.05, 0) is 55.5 Å². The summed E-state index contributed by atoms with van der Waals surface area (Å²) in [4.78, 5) is 24.3. The number of nitrogens with one attached hydrogen (secondary N) is 2. The van der Waals surface area contributed by atoms with Gasteiger partial charge in [0.05, 0.1) is 10.7 Å². The molecule has 0 aliphatic heterocycles. The van der Waals surface area contributed by atoms with E-state index in [0.717, 1.165) is 5.56 Å². The van der Waals surface area contributed by atoms with Crippen LogP contribution in [0.4, 0.5) is 11.4 Å². The second-order valence-corrected chi connectivity index (χ2v) is 6.57. The highest BCUT2D eigenvalue weighted by atomic mass is 35.5. The van der Waals surface area contributed by atoms with Crippen molar-refractivity contribution in [1.29, 1.82) is 0 Å². The van der Waals surface area contributed by atoms with Crippen molar-refractivity contribution in [3.63, 3.8) is 0 Å². The number of halogens is 1. The van der Waals surface area contributed by atoms with Crippen molar-refractivity contribution in [3.8, 4) is 5.75 Å². The molecular weight excluding hydrogens is 376 g/mol. The predicted octanol–water partition coefficient (Wildman–Crippen LogP) is 4.92. The van der Waals surface area contributed by atoms with Crippen molar-refractivity contribution in [2.45, 2.75) is 6.92 Å². The lowest BCUT2D eigenvalue weighted by molar-refractivity contribution is -0.118. The number of carbonyl (C=O) groups is 2. The molecule has 0 radical (unpaired) electrons. The molecule has 28 heavy (non-hydrogen) atoms. The van der Waals surface area contributed by atoms with Crippen LogP contribution in [0.15, 0.2) is 72.8 Å². The van der Waals surface area contributed by atoms with Crippen LogP contribution < -0.4 is 15.4 Å². The number of rotatable bonds is 6. The van der Waals surface area contributed by atoms with Crippen LogP contribution in [0, 0.1) is 6.92 Å². The first kappa shape index (κ1) is 19.5. The minimum atomic E-state index is -0.281. The maximum atomic E-state index is 12.3. The van der Waals surface area contributed by atoms with Gasteiger partial charge in [-0.3, -0.25) is 9.59 Å². The molecule has 6 heteroatoms. The van der Waals surface area contributed by atoms with E-state index >= 15 is 0 Å². The molecule has 0 aromatic heterocycles. The van der Waals surface area contributed by atoms with Crippen LogP contribution in [0.2, 0.25) is 5.02 Å². The van der Waals surface area contributed by atoms with Crippen molar-refractivity contribution in [2.24, 2.45) is 0 Å². The summed E-state index contributed by atoms with van der Waals surface area (Å²) in [7, 11) is 0. The Morgan fingerprint density at radius 3 is 2.25 bits per heavy atom. The van der Waals surface area contributed by atoms with E-state index in [9.17, 15) is 9.59 Å². The largest absolute Gasteiger partial charge is 0.484 e. The molecule has 0 bridgehead atoms. The Labute approximate surface area is 168 Å². The van der Waals surface area contributed by atoms with Crippen LogP contribution in [0.25, 0.3) is 0 Å². The average molecular weight is 395 g/mol. The fourth-order valence-electron chi connectivity index (χ4n) is 2.44. The lowest BCUT2D eigenvalue weighted by atomic mass is 10.2. The van der Waals surface area contributed by atoms with Gasteiger partial charge in [-0.1, -0.05) is 41.4 Å². The summed E-state index contributed by atoms with van der Waals surface area (Å²) < 4.78 is 5.47. The van der Waals surface area contributed by atoms with Crippen molar-refractivity contribution in [2.75, 3.05) is 17.2 Å². The summed E-state index contributed by atoms with van der Waals surface area (Å²) in [6.07, 6.45) is 0. The fraction of sp³-hybridized carbons (Fsp3) is 0.0909. The molecule has 5 nitrogen and oxygen atoms in total. The monoisotopic (exact) mass is 394 g/mol. The number of anilines is 2. The highest BCUT2D eigenvalue weighted by Gasteiger charge is 2.09. The van der Waals surface area contributed by atoms with E-state index in [1.54, 1.807) is 48.5 Å². The second kappa shape index (κ2) is 9.06. The van der Waals surface area contributed by atoms with Gasteiger partial charge in [-0.25, -0.2) is 0 Å². The zero-order valence-corrected chi connectivity index (χ0v) is 16.0. The van der Waals surface area contributed by atoms with Crippen molar-refractivity contribution in [1.82, 2.24) is 0 Å². The number of hydrogen-bond donors (Lipinski definition) is 2. The minimum Gasteiger partial charge on any atom is -0.484 e. The third-order valence-electron chi connectivity index (χ3n) is 3.94. The smallest absolute Gasteiger partial charge is 0.262 e. The highest BCUT2D eigenvalue weighted by molar-refractivity contribution is 6.33. The SMILES string of the molecule is Cc1ccc(NC(=O)COc2ccc(C(=O)Nc3ccccc3Cl)cc2)cc1. The number of ether oxygens (including phenoxy) is 1. The van der Waals surface area contributed by atoms with Crippen LogP contribution >= 0.6 is 11.6 Å². The Morgan fingerprint density at radius 2 is 1.57 bits per heavy atom. The van der Waals surface area contributed by atoms with Gasteiger partial charge in [0.25, 0.3) is 11.8 Å². The van der Waals surface area contributed by atoms with E-state index in [0.29, 0.717) is 27.7 Å². The Hall–Kier alpha value is -3.31. The summed E-state index contributed by atoms with van der Waals surface area (Å²) in [6, 6.07) is 21.0. The normalized spacial score (nSPS) is 10.2. The lowest BCUT2D eigenvalue weighted by Gasteiger charge is -2.09. The molecule has 0 unspecified atom stereocenters. The van der Waals surface area contributed by atoms with Crippen molar-refractivity contribution >= 4 is 34.8 Å². The van der Waals surface area contributed by atoms with Crippen molar-refractivity contribution < 1.29 is 14.3 Å². The number of amides is 2. The first-order chi connectivity index (χ1) is 13.5. The topological polar surface area (TPSA) is 67.4 Å². The van der Waals surface area contributed by atoms with Gasteiger partial charge in [0, 0.05) is 11.3 Å². The van der Waals surface area contributed by atoms with E-state index in [1.807, 2.05) is 31.2 Å². The molecule has 0 aliphatic carbocycles. The number of benzene rings is 3. The fourth-order valence-corrected chi connectivity index (χ4v) is 2.63. The minimum absolute atomic E-state index is 0.126. The van der Waals surface area contributed by atoms with E-state index < -0.39 is 0 Å². The Kier molecular flexibility index (Phi) is 6.29. The summed E-state index contributed by atoms with van der Waals surface area (Å²) in [5.41, 5.74) is 2.83. The number of hydrogen-bond acceptors (Lipinski definition) is 3. The van der Waals surface area contributed by atoms with Crippen LogP contribution in [0.5, 0.6) is 5.75 Å². The van der Waals surface area contributed by atoms with Crippen LogP contribution in [0.1, 0.15) is 15.9 Å². The quantitative estimate of drug-likeness (QED) is 0.623. The molecule has 0 heterocycles. The number of aryl methyl sites for hydroxylation is 1. The maximum absolute atomic E-state index is 12.3. The highest BCUT2D eigenvalue weighted by Crippen LogP contribution is 2.21. The molecule has 0 atom stereocenters. The molecule has 0 saturated heterocycles. The molecule has 142 valence electrons. The molecule has 0 aliphatic rings. The predicted molar refractivity (Wildman–Crippen MR) is 111 cm³/mol. The zero-order chi connectivity index (χ0) is 19.9. The first-order valence-corrected chi connectivity index (χ1v) is 9.04. The molecule has 3 aromatic rings. The van der Waals surface area contributed by atoms with Gasteiger partial charge < -0.3 is 15.4 Å². The van der Waals surface area contributed by atoms with Gasteiger partial charge in [0.15, 0.2) is 6.61 Å². The average Bonchev–Trinajstić information content (AvgIpc) is 2.70. The molecule has 2 amide bonds. The number of carbonyl (C=O) groups excluding carboxylic acids is 2. The molecule has 0 spiro atoms. The van der Waals surface area contributed by atoms with E-state index in [1.165, 1.54) is 0 Å². The summed E-state index contributed by atoms with van der Waals surface area (Å²) in [5.74, 6) is -0.0468. The Morgan fingerprint density at radius 1 is 0.893 bits per heavy atom. The van der Waals surface area contributed by atoms with Gasteiger partial charge in [-0.15, -0.1) is 0 Å². The molecule has 0 saturated carbocycles. The Bertz CT molecular complexity index is 970. The van der Waals surface area contributed by atoms with Gasteiger partial charge in [0.1, 0.15) is 5.75 Å². The standard InChI is InChI=1S/C22H19ClN2O3/c1-15-6-10-17(11-7-15)24-21(26)14-28-18-12-8-16(9-13-18)22(27)25-20-5-3-2-4-19(20)23/h2-13H,14H2,1H3,(H,24,26)(H,25,27). The third kappa shape index (κ3) is 5.34. The molecule has 2 N–H and O–H groups in total. The lowest BCUT2D eigenvalue weighted by Crippen LogP contribution is -2.20.